The van der Waals surface area contributed by atoms with Gasteiger partial charge in [0.2, 0.25) is 0 Å². The minimum atomic E-state index is 1.04. The van der Waals surface area contributed by atoms with Crippen LogP contribution in [0.3, 0.4) is 0 Å². The summed E-state index contributed by atoms with van der Waals surface area (Å²) < 4.78 is 0. The monoisotopic (exact) mass is 231 g/mol. The van der Waals surface area contributed by atoms with Crippen LogP contribution in [-0.2, 0) is 6.42 Å². The largest absolute Gasteiger partial charge is 0.378 e. The smallest absolute Gasteiger partial charge is 0.0363 e. The van der Waals surface area contributed by atoms with Crippen molar-refractivity contribution in [2.45, 2.75) is 13.3 Å². The first-order chi connectivity index (χ1) is 7.65. The van der Waals surface area contributed by atoms with Gasteiger partial charge in [-0.15, -0.1) is 11.3 Å². The highest BCUT2D eigenvalue weighted by molar-refractivity contribution is 7.11. The van der Waals surface area contributed by atoms with Crippen molar-refractivity contribution < 1.29 is 0 Å². The molecule has 0 aliphatic rings. The lowest BCUT2D eigenvalue weighted by Crippen LogP contribution is -2.08. The molecule has 2 aromatic rings. The van der Waals surface area contributed by atoms with Gasteiger partial charge in [0.1, 0.15) is 0 Å². The van der Waals surface area contributed by atoms with Crippen LogP contribution in [0.25, 0.3) is 0 Å². The lowest BCUT2D eigenvalue weighted by molar-refractivity contribution is 1.12. The third kappa shape index (κ3) is 2.64. The topological polar surface area (TPSA) is 3.24 Å². The summed E-state index contributed by atoms with van der Waals surface area (Å²) in [4.78, 5) is 4.97. The standard InChI is InChI=1S/C14H17NS/c1-11-7-8-14(16-11)10-12-5-4-6-13(9-12)15(2)3/h4-9H,10H2,1-3H3. The number of rotatable bonds is 3. The van der Waals surface area contributed by atoms with Gasteiger partial charge in [-0.2, -0.15) is 0 Å². The van der Waals surface area contributed by atoms with Gasteiger partial charge in [0.25, 0.3) is 0 Å². The van der Waals surface area contributed by atoms with Gasteiger partial charge in [-0.05, 0) is 36.8 Å². The highest BCUT2D eigenvalue weighted by Gasteiger charge is 2.01. The zero-order valence-electron chi connectivity index (χ0n) is 10.0. The Balaban J connectivity index is 2.18. The van der Waals surface area contributed by atoms with Gasteiger partial charge in [-0.3, -0.25) is 0 Å². The molecule has 0 bridgehead atoms. The first-order valence-electron chi connectivity index (χ1n) is 5.47. The maximum atomic E-state index is 2.26. The average molecular weight is 231 g/mol. The molecule has 0 amide bonds. The molecule has 0 N–H and O–H groups in total. The first-order valence-corrected chi connectivity index (χ1v) is 6.28. The van der Waals surface area contributed by atoms with Crippen LogP contribution in [0.4, 0.5) is 5.69 Å². The van der Waals surface area contributed by atoms with Crippen LogP contribution in [0.1, 0.15) is 15.3 Å². The predicted octanol–water partition coefficient (Wildman–Crippen LogP) is 3.71. The summed E-state index contributed by atoms with van der Waals surface area (Å²) in [6, 6.07) is 13.1. The Labute approximate surface area is 101 Å². The second-order valence-corrected chi connectivity index (χ2v) is 5.63. The van der Waals surface area contributed by atoms with E-state index in [1.807, 2.05) is 11.3 Å². The molecule has 0 spiro atoms. The normalized spacial score (nSPS) is 10.4. The van der Waals surface area contributed by atoms with Crippen molar-refractivity contribution in [2.75, 3.05) is 19.0 Å². The molecular weight excluding hydrogens is 214 g/mol. The Kier molecular flexibility index (Phi) is 3.30. The molecule has 0 aliphatic heterocycles. The molecule has 0 saturated carbocycles. The molecule has 16 heavy (non-hydrogen) atoms. The van der Waals surface area contributed by atoms with Gasteiger partial charge >= 0.3 is 0 Å². The van der Waals surface area contributed by atoms with Gasteiger partial charge in [-0.25, -0.2) is 0 Å². The lowest BCUT2D eigenvalue weighted by atomic mass is 10.1. The van der Waals surface area contributed by atoms with E-state index in [4.69, 9.17) is 0 Å². The molecule has 2 heteroatoms. The third-order valence-electron chi connectivity index (χ3n) is 2.60. The highest BCUT2D eigenvalue weighted by atomic mass is 32.1. The van der Waals surface area contributed by atoms with Crippen molar-refractivity contribution in [1.29, 1.82) is 0 Å². The summed E-state index contributed by atoms with van der Waals surface area (Å²) in [7, 11) is 4.16. The van der Waals surface area contributed by atoms with Crippen molar-refractivity contribution >= 4 is 17.0 Å². The van der Waals surface area contributed by atoms with Crippen LogP contribution in [-0.4, -0.2) is 14.1 Å². The zero-order chi connectivity index (χ0) is 11.5. The number of hydrogen-bond donors (Lipinski definition) is 0. The van der Waals surface area contributed by atoms with E-state index in [1.165, 1.54) is 21.0 Å². The van der Waals surface area contributed by atoms with E-state index in [2.05, 4.69) is 62.3 Å². The quantitative estimate of drug-likeness (QED) is 0.778. The predicted molar refractivity (Wildman–Crippen MR) is 72.6 cm³/mol. The van der Waals surface area contributed by atoms with Gasteiger partial charge in [0, 0.05) is 36.0 Å². The molecule has 0 unspecified atom stereocenters. The number of aryl methyl sites for hydroxylation is 1. The fourth-order valence-electron chi connectivity index (χ4n) is 1.73. The average Bonchev–Trinajstić information content (AvgIpc) is 2.64. The molecule has 0 radical (unpaired) electrons. The molecule has 2 rings (SSSR count). The Morgan fingerprint density at radius 1 is 1.12 bits per heavy atom. The van der Waals surface area contributed by atoms with Crippen molar-refractivity contribution in [3.05, 3.63) is 51.7 Å². The summed E-state index contributed by atoms with van der Waals surface area (Å²) >= 11 is 1.88. The number of thiophene rings is 1. The Morgan fingerprint density at radius 3 is 2.56 bits per heavy atom. The molecule has 84 valence electrons. The maximum absolute atomic E-state index is 2.26. The van der Waals surface area contributed by atoms with Crippen molar-refractivity contribution in [3.8, 4) is 0 Å². The van der Waals surface area contributed by atoms with E-state index < -0.39 is 0 Å². The van der Waals surface area contributed by atoms with E-state index in [0.717, 1.165) is 6.42 Å². The van der Waals surface area contributed by atoms with Crippen LogP contribution in [0.5, 0.6) is 0 Å². The zero-order valence-corrected chi connectivity index (χ0v) is 10.8. The Hall–Kier alpha value is -1.28. The molecule has 1 aromatic heterocycles. The van der Waals surface area contributed by atoms with Crippen LogP contribution >= 0.6 is 11.3 Å². The summed E-state index contributed by atoms with van der Waals surface area (Å²) in [5, 5.41) is 0. The van der Waals surface area contributed by atoms with Crippen LogP contribution in [0.2, 0.25) is 0 Å². The Morgan fingerprint density at radius 2 is 1.94 bits per heavy atom. The number of anilines is 1. The minimum Gasteiger partial charge on any atom is -0.378 e. The lowest BCUT2D eigenvalue weighted by Gasteiger charge is -2.13. The molecule has 0 atom stereocenters. The van der Waals surface area contributed by atoms with E-state index in [9.17, 15) is 0 Å². The third-order valence-corrected chi connectivity index (χ3v) is 3.60. The van der Waals surface area contributed by atoms with E-state index in [0.29, 0.717) is 0 Å². The summed E-state index contributed by atoms with van der Waals surface area (Å²) in [6.07, 6.45) is 1.04. The first kappa shape index (κ1) is 11.2. The van der Waals surface area contributed by atoms with E-state index in [1.54, 1.807) is 0 Å². The molecule has 1 nitrogen and oxygen atoms in total. The molecule has 0 saturated heterocycles. The van der Waals surface area contributed by atoms with Crippen LogP contribution < -0.4 is 4.90 Å². The number of benzene rings is 1. The van der Waals surface area contributed by atoms with Gasteiger partial charge in [-0.1, -0.05) is 12.1 Å². The van der Waals surface area contributed by atoms with Gasteiger partial charge in [0.05, 0.1) is 0 Å². The molecule has 1 heterocycles. The number of nitrogens with zero attached hydrogens (tertiary/aromatic N) is 1. The molecular formula is C14H17NS. The number of hydrogen-bond acceptors (Lipinski definition) is 2. The van der Waals surface area contributed by atoms with Gasteiger partial charge < -0.3 is 4.90 Å². The van der Waals surface area contributed by atoms with Crippen molar-refractivity contribution in [3.63, 3.8) is 0 Å². The SMILES string of the molecule is Cc1ccc(Cc2cccc(N(C)C)c2)s1. The molecule has 0 fully saturated rings. The van der Waals surface area contributed by atoms with Crippen LogP contribution in [0, 0.1) is 6.92 Å². The second-order valence-electron chi connectivity index (χ2n) is 4.25. The van der Waals surface area contributed by atoms with E-state index >= 15 is 0 Å². The minimum absolute atomic E-state index is 1.04. The summed E-state index contributed by atoms with van der Waals surface area (Å²) in [5.74, 6) is 0. The fourth-order valence-corrected chi connectivity index (χ4v) is 2.65. The summed E-state index contributed by atoms with van der Waals surface area (Å²) in [5.41, 5.74) is 2.65. The maximum Gasteiger partial charge on any atom is 0.0363 e. The van der Waals surface area contributed by atoms with Crippen molar-refractivity contribution in [1.82, 2.24) is 0 Å². The van der Waals surface area contributed by atoms with Crippen molar-refractivity contribution in [2.24, 2.45) is 0 Å². The summed E-state index contributed by atoms with van der Waals surface area (Å²) in [6.45, 7) is 2.16. The highest BCUT2D eigenvalue weighted by Crippen LogP contribution is 2.21. The van der Waals surface area contributed by atoms with Crippen LogP contribution in [0.15, 0.2) is 36.4 Å². The fraction of sp³-hybridized carbons (Fsp3) is 0.286. The van der Waals surface area contributed by atoms with E-state index in [-0.39, 0.29) is 0 Å². The molecule has 0 aliphatic carbocycles. The molecule has 1 aromatic carbocycles. The second kappa shape index (κ2) is 4.71. The van der Waals surface area contributed by atoms with Gasteiger partial charge in [0.15, 0.2) is 0 Å². The Bertz CT molecular complexity index is 471.